The van der Waals surface area contributed by atoms with Gasteiger partial charge in [0.25, 0.3) is 0 Å². The van der Waals surface area contributed by atoms with E-state index in [-0.39, 0.29) is 17.1 Å². The van der Waals surface area contributed by atoms with Crippen LogP contribution in [0.15, 0.2) is 0 Å². The van der Waals surface area contributed by atoms with Crippen molar-refractivity contribution in [1.29, 1.82) is 0 Å². The molecule has 0 unspecified atom stereocenters. The Kier molecular flexibility index (Phi) is 20.5. The molecule has 0 bridgehead atoms. The van der Waals surface area contributed by atoms with E-state index in [1.54, 1.807) is 0 Å². The van der Waals surface area contributed by atoms with Crippen LogP contribution in [0.25, 0.3) is 0 Å². The summed E-state index contributed by atoms with van der Waals surface area (Å²) in [5, 5.41) is 0. The molecule has 0 spiro atoms. The molecule has 0 N–H and O–H groups in total. The van der Waals surface area contributed by atoms with Gasteiger partial charge in [-0.25, -0.2) is 0 Å². The molecule has 0 fully saturated rings. The van der Waals surface area contributed by atoms with Gasteiger partial charge in [-0.1, -0.05) is 0 Å². The third-order valence-corrected chi connectivity index (χ3v) is 0. The van der Waals surface area contributed by atoms with E-state index in [2.05, 4.69) is 13.9 Å². The summed E-state index contributed by atoms with van der Waals surface area (Å²) in [7, 11) is 1.35. The molecular weight excluding hydrogens is 190 g/mol. The summed E-state index contributed by atoms with van der Waals surface area (Å²) in [4.78, 5) is 0. The van der Waals surface area contributed by atoms with Crippen molar-refractivity contribution in [3.63, 3.8) is 0 Å². The van der Waals surface area contributed by atoms with Crippen molar-refractivity contribution >= 4 is 8.62 Å². The SMILES string of the molecule is [Mn].[SiH3][V][Fe]. The molecule has 0 rings (SSSR count). The first-order chi connectivity index (χ1) is 1.41. The van der Waals surface area contributed by atoms with E-state index in [0.29, 0.717) is 13.7 Å². The molecule has 27 valence electrons. The Hall–Kier alpha value is 1.84. The van der Waals surface area contributed by atoms with Crippen molar-refractivity contribution in [2.24, 2.45) is 0 Å². The van der Waals surface area contributed by atoms with Crippen LogP contribution in [0.5, 0.6) is 0 Å². The van der Waals surface area contributed by atoms with Crippen molar-refractivity contribution in [2.75, 3.05) is 0 Å². The molecule has 0 heterocycles. The minimum atomic E-state index is 0. The second-order valence-corrected chi connectivity index (χ2v) is 8.06. The van der Waals surface area contributed by atoms with Crippen LogP contribution >= 0.6 is 0 Å². The molecule has 0 aromatic rings. The zero-order valence-corrected chi connectivity index (χ0v) is 7.86. The number of rotatable bonds is 0. The van der Waals surface area contributed by atoms with Gasteiger partial charge in [0.2, 0.25) is 0 Å². The van der Waals surface area contributed by atoms with Crippen LogP contribution in [0.1, 0.15) is 0 Å². The van der Waals surface area contributed by atoms with E-state index in [1.165, 1.54) is 8.62 Å². The normalized spacial score (nSPS) is 4.25. The van der Waals surface area contributed by atoms with Gasteiger partial charge in [-0.2, -0.15) is 0 Å². The first-order valence-electron chi connectivity index (χ1n) is 0.605. The van der Waals surface area contributed by atoms with Gasteiger partial charge >= 0.3 is 36.2 Å². The molecule has 0 nitrogen and oxygen atoms in total. The summed E-state index contributed by atoms with van der Waals surface area (Å²) in [5.41, 5.74) is 0. The van der Waals surface area contributed by atoms with Gasteiger partial charge in [-0.15, -0.1) is 0 Å². The van der Waals surface area contributed by atoms with Crippen LogP contribution in [0, 0.1) is 0 Å². The Labute approximate surface area is 53.0 Å². The first kappa shape index (κ1) is 9.28. The molecule has 0 aliphatic heterocycles. The quantitative estimate of drug-likeness (QED) is 0.424. The van der Waals surface area contributed by atoms with Crippen LogP contribution in [0.4, 0.5) is 0 Å². The molecule has 0 aromatic carbocycles. The Balaban J connectivity index is 0. The fourth-order valence-corrected chi connectivity index (χ4v) is 0. The molecule has 4 heteroatoms. The summed E-state index contributed by atoms with van der Waals surface area (Å²) >= 11 is 4.22. The van der Waals surface area contributed by atoms with E-state index in [9.17, 15) is 0 Å². The predicted molar refractivity (Wildman–Crippen MR) is 9.94 cm³/mol. The minimum absolute atomic E-state index is 0. The van der Waals surface area contributed by atoms with E-state index in [0.717, 1.165) is 0 Å². The maximum atomic E-state index is 3.64. The molecule has 0 aliphatic carbocycles. The molecule has 4 heavy (non-hydrogen) atoms. The summed E-state index contributed by atoms with van der Waals surface area (Å²) in [6.45, 7) is 0. The van der Waals surface area contributed by atoms with Gasteiger partial charge in [-0.3, -0.25) is 0 Å². The average Bonchev–Trinajstić information content (AvgIpc) is 0.918. The Morgan fingerprint density at radius 3 is 1.75 bits per heavy atom. The van der Waals surface area contributed by atoms with Crippen molar-refractivity contribution in [3.8, 4) is 0 Å². The molecule has 0 aromatic heterocycles. The Morgan fingerprint density at radius 2 is 1.75 bits per heavy atom. The van der Waals surface area contributed by atoms with E-state index in [4.69, 9.17) is 0 Å². The summed E-state index contributed by atoms with van der Waals surface area (Å²) in [6, 6.07) is 0. The Morgan fingerprint density at radius 1 is 1.75 bits per heavy atom. The fraction of sp³-hybridized carbons (Fsp3) is 0. The van der Waals surface area contributed by atoms with Crippen molar-refractivity contribution in [2.45, 2.75) is 0 Å². The second-order valence-electron chi connectivity index (χ2n) is 0.158. The summed E-state index contributed by atoms with van der Waals surface area (Å²) < 4.78 is 0. The van der Waals surface area contributed by atoms with Crippen LogP contribution < -0.4 is 0 Å². The van der Waals surface area contributed by atoms with Crippen LogP contribution in [-0.2, 0) is 44.7 Å². The van der Waals surface area contributed by atoms with Gasteiger partial charge in [0.1, 0.15) is 0 Å². The summed E-state index contributed by atoms with van der Waals surface area (Å²) in [5.74, 6) is 0. The molecule has 0 amide bonds. The van der Waals surface area contributed by atoms with Gasteiger partial charge in [-0.05, 0) is 0 Å². The van der Waals surface area contributed by atoms with E-state index >= 15 is 0 Å². The van der Waals surface area contributed by atoms with Gasteiger partial charge < -0.3 is 0 Å². The molecule has 0 aliphatic rings. The Bertz CT molecular complexity index is 8.00. The maximum absolute atomic E-state index is 3.64. The van der Waals surface area contributed by atoms with Crippen LogP contribution in [-0.4, -0.2) is 8.62 Å². The number of hydrogen-bond donors (Lipinski definition) is 0. The topological polar surface area (TPSA) is 0 Å². The fourth-order valence-electron chi connectivity index (χ4n) is 0. The van der Waals surface area contributed by atoms with Crippen LogP contribution in [0.2, 0.25) is 0 Å². The first-order valence-corrected chi connectivity index (χ1v) is 8.22. The third kappa shape index (κ3) is 9.15. The van der Waals surface area contributed by atoms with Crippen LogP contribution in [0.3, 0.4) is 0 Å². The molecule has 1 radical (unpaired) electrons. The van der Waals surface area contributed by atoms with Gasteiger partial charge in [0, 0.05) is 17.1 Å². The molecular formula is H3FeMnSiV. The second kappa shape index (κ2) is 8.85. The zero-order valence-electron chi connectivity index (χ0n) is 2.18. The molecule has 0 atom stereocenters. The average molecular weight is 193 g/mol. The van der Waals surface area contributed by atoms with Gasteiger partial charge in [0.05, 0.1) is 0 Å². The zero-order chi connectivity index (χ0) is 2.71. The van der Waals surface area contributed by atoms with Crippen molar-refractivity contribution in [3.05, 3.63) is 0 Å². The van der Waals surface area contributed by atoms with E-state index < -0.39 is 0 Å². The summed E-state index contributed by atoms with van der Waals surface area (Å²) in [6.07, 6.45) is 0. The molecule has 0 saturated heterocycles. The van der Waals surface area contributed by atoms with Crippen molar-refractivity contribution in [1.82, 2.24) is 0 Å². The molecule has 0 saturated carbocycles. The monoisotopic (exact) mass is 193 g/mol. The predicted octanol–water partition coefficient (Wildman–Crippen LogP) is -1.19. The number of hydrogen-bond acceptors (Lipinski definition) is 0. The standard InChI is InChI=1S/Fe.Mn.H3Si.V/h;;1H3;. The van der Waals surface area contributed by atoms with Crippen molar-refractivity contribution < 1.29 is 44.7 Å². The third-order valence-electron chi connectivity index (χ3n) is 0. The van der Waals surface area contributed by atoms with Gasteiger partial charge in [0.15, 0.2) is 0 Å². The van der Waals surface area contributed by atoms with E-state index in [1.807, 2.05) is 0 Å².